The van der Waals surface area contributed by atoms with Gasteiger partial charge >= 0.3 is 18.9 Å². The van der Waals surface area contributed by atoms with Crippen LogP contribution in [0, 0.1) is 0 Å². The smallest absolute Gasteiger partial charge is 1.00 e. The van der Waals surface area contributed by atoms with Gasteiger partial charge in [0.05, 0.1) is 5.60 Å². The van der Waals surface area contributed by atoms with E-state index >= 15 is 0 Å². The van der Waals surface area contributed by atoms with Crippen molar-refractivity contribution in [1.29, 1.82) is 0 Å². The van der Waals surface area contributed by atoms with E-state index in [2.05, 4.69) is 0 Å². The predicted octanol–water partition coefficient (Wildman–Crippen LogP) is -3.29. The van der Waals surface area contributed by atoms with E-state index in [0.717, 1.165) is 0 Å². The average molecular weight is 112 g/mol. The second kappa shape index (κ2) is 5.23. The Kier molecular flexibility index (Phi) is 11.7. The summed E-state index contributed by atoms with van der Waals surface area (Å²) in [5, 5.41) is 8.52. The van der Waals surface area contributed by atoms with Crippen molar-refractivity contribution >= 4 is 17.4 Å². The molecular weight excluding hydrogens is 98.0 g/mol. The molecule has 0 atom stereocenters. The fourth-order valence-electron chi connectivity index (χ4n) is 0. The van der Waals surface area contributed by atoms with Gasteiger partial charge in [0.2, 0.25) is 0 Å². The molecule has 0 aliphatic heterocycles. The third-order valence-corrected chi connectivity index (χ3v) is 0. The molecule has 0 radical (unpaired) electrons. The van der Waals surface area contributed by atoms with Crippen LogP contribution >= 0.6 is 0 Å². The normalized spacial score (nSPS) is 8.57. The van der Waals surface area contributed by atoms with E-state index in [1.165, 1.54) is 0 Å². The molecular formula is C4H14AlLiO. The van der Waals surface area contributed by atoms with Gasteiger partial charge in [-0.15, -0.1) is 0 Å². The first-order valence-corrected chi connectivity index (χ1v) is 1.72. The molecule has 0 saturated heterocycles. The van der Waals surface area contributed by atoms with Gasteiger partial charge in [0.1, 0.15) is 0 Å². The molecule has 0 heterocycles. The number of rotatable bonds is 0. The van der Waals surface area contributed by atoms with Crippen LogP contribution in [-0.2, 0) is 0 Å². The van der Waals surface area contributed by atoms with Crippen molar-refractivity contribution in [3.63, 3.8) is 0 Å². The Bertz CT molecular complexity index is 31.5. The minimum atomic E-state index is -0.500. The zero-order valence-corrected chi connectivity index (χ0v) is 4.95. The van der Waals surface area contributed by atoms with Crippen molar-refractivity contribution in [3.8, 4) is 0 Å². The van der Waals surface area contributed by atoms with Gasteiger partial charge in [0.15, 0.2) is 17.4 Å². The Balaban J connectivity index is -0.0000000267. The van der Waals surface area contributed by atoms with E-state index in [0.29, 0.717) is 0 Å². The molecule has 1 nitrogen and oxygen atoms in total. The van der Waals surface area contributed by atoms with Crippen LogP contribution in [0.3, 0.4) is 0 Å². The van der Waals surface area contributed by atoms with Crippen LogP contribution in [0.1, 0.15) is 22.2 Å². The molecule has 0 unspecified atom stereocenters. The molecule has 0 aromatic heterocycles. The molecule has 0 aliphatic carbocycles. The fraction of sp³-hybridized carbons (Fsp3) is 1.00. The van der Waals surface area contributed by atoms with Crippen molar-refractivity contribution in [2.24, 2.45) is 0 Å². The quantitative estimate of drug-likeness (QED) is 0.326. The Labute approximate surface area is 69.3 Å². The third-order valence-electron chi connectivity index (χ3n) is 0. The first kappa shape index (κ1) is 15.7. The van der Waals surface area contributed by atoms with Gasteiger partial charge < -0.3 is 6.53 Å². The fourth-order valence-corrected chi connectivity index (χ4v) is 0. The monoisotopic (exact) mass is 112 g/mol. The SMILES string of the molecule is CC(C)(C)O.[AlH3].[H-].[Li+]. The number of hydrogen-bond acceptors (Lipinski definition) is 1. The molecule has 0 aromatic rings. The molecule has 0 saturated carbocycles. The molecule has 0 fully saturated rings. The first-order valence-electron chi connectivity index (χ1n) is 1.72. The van der Waals surface area contributed by atoms with Gasteiger partial charge in [-0.05, 0) is 20.8 Å². The maximum absolute atomic E-state index is 8.52. The summed E-state index contributed by atoms with van der Waals surface area (Å²) >= 11 is 0. The summed E-state index contributed by atoms with van der Waals surface area (Å²) in [6, 6.07) is 0. The Hall–Kier alpha value is 1.09. The molecule has 0 aliphatic rings. The second-order valence-electron chi connectivity index (χ2n) is 2.17. The van der Waals surface area contributed by atoms with Gasteiger partial charge in [-0.1, -0.05) is 0 Å². The first-order chi connectivity index (χ1) is 2.00. The Morgan fingerprint density at radius 1 is 1.29 bits per heavy atom. The summed E-state index contributed by atoms with van der Waals surface area (Å²) in [4.78, 5) is 0. The maximum Gasteiger partial charge on any atom is 1.00 e. The van der Waals surface area contributed by atoms with Crippen molar-refractivity contribution in [2.45, 2.75) is 26.4 Å². The Morgan fingerprint density at radius 2 is 1.29 bits per heavy atom. The van der Waals surface area contributed by atoms with Crippen LogP contribution in [0.4, 0.5) is 0 Å². The zero-order chi connectivity index (χ0) is 4.50. The van der Waals surface area contributed by atoms with Crippen molar-refractivity contribution in [3.05, 3.63) is 0 Å². The van der Waals surface area contributed by atoms with Crippen LogP contribution in [0.2, 0.25) is 0 Å². The summed E-state index contributed by atoms with van der Waals surface area (Å²) in [5.41, 5.74) is -0.500. The largest absolute Gasteiger partial charge is 1.00 e. The van der Waals surface area contributed by atoms with E-state index < -0.39 is 5.60 Å². The van der Waals surface area contributed by atoms with Crippen LogP contribution in [-0.4, -0.2) is 28.1 Å². The van der Waals surface area contributed by atoms with E-state index in [1.807, 2.05) is 0 Å². The molecule has 0 aromatic carbocycles. The van der Waals surface area contributed by atoms with E-state index in [9.17, 15) is 0 Å². The summed E-state index contributed by atoms with van der Waals surface area (Å²) in [5.74, 6) is 0. The van der Waals surface area contributed by atoms with Gasteiger partial charge in [0.25, 0.3) is 0 Å². The van der Waals surface area contributed by atoms with Gasteiger partial charge in [-0.25, -0.2) is 0 Å². The second-order valence-corrected chi connectivity index (χ2v) is 2.17. The summed E-state index contributed by atoms with van der Waals surface area (Å²) in [6.07, 6.45) is 0. The predicted molar refractivity (Wildman–Crippen MR) is 33.0 cm³/mol. The number of aliphatic hydroxyl groups is 1. The standard InChI is InChI=1S/C4H10O.Al.Li.4H/c1-4(2,3)5;;;;;;/h5H,1-3H3;;;;;;/q;;+1;;;;-1. The number of hydrogen-bond donors (Lipinski definition) is 1. The summed E-state index contributed by atoms with van der Waals surface area (Å²) < 4.78 is 0. The maximum atomic E-state index is 8.52. The molecule has 7 heavy (non-hydrogen) atoms. The van der Waals surface area contributed by atoms with Crippen LogP contribution < -0.4 is 18.9 Å². The summed E-state index contributed by atoms with van der Waals surface area (Å²) in [7, 11) is 0. The minimum Gasteiger partial charge on any atom is -1.00 e. The van der Waals surface area contributed by atoms with E-state index in [-0.39, 0.29) is 37.6 Å². The van der Waals surface area contributed by atoms with Crippen molar-refractivity contribution in [2.75, 3.05) is 0 Å². The van der Waals surface area contributed by atoms with E-state index in [4.69, 9.17) is 5.11 Å². The van der Waals surface area contributed by atoms with Crippen LogP contribution in [0.25, 0.3) is 0 Å². The molecule has 0 bridgehead atoms. The molecule has 40 valence electrons. The third kappa shape index (κ3) is 155. The summed E-state index contributed by atoms with van der Waals surface area (Å²) in [6.45, 7) is 5.23. The van der Waals surface area contributed by atoms with Crippen LogP contribution in [0.15, 0.2) is 0 Å². The molecule has 0 rings (SSSR count). The van der Waals surface area contributed by atoms with Gasteiger partial charge in [-0.3, -0.25) is 0 Å². The minimum absolute atomic E-state index is 0. The molecule has 0 spiro atoms. The topological polar surface area (TPSA) is 20.2 Å². The molecule has 1 N–H and O–H groups in total. The average Bonchev–Trinajstić information content (AvgIpc) is 0.722. The van der Waals surface area contributed by atoms with Gasteiger partial charge in [0, 0.05) is 0 Å². The van der Waals surface area contributed by atoms with Crippen LogP contribution in [0.5, 0.6) is 0 Å². The van der Waals surface area contributed by atoms with Crippen molar-refractivity contribution in [1.82, 2.24) is 0 Å². The molecule has 0 amide bonds. The zero-order valence-electron chi connectivity index (χ0n) is 5.95. The van der Waals surface area contributed by atoms with Crippen molar-refractivity contribution < 1.29 is 25.4 Å². The Morgan fingerprint density at radius 3 is 1.29 bits per heavy atom. The van der Waals surface area contributed by atoms with Gasteiger partial charge in [-0.2, -0.15) is 0 Å². The molecule has 3 heteroatoms. The van der Waals surface area contributed by atoms with E-state index in [1.54, 1.807) is 20.8 Å².